The van der Waals surface area contributed by atoms with Crippen LogP contribution in [0.15, 0.2) is 12.4 Å². The number of carbonyl (C=O) groups is 2. The van der Waals surface area contributed by atoms with Crippen LogP contribution < -0.4 is 4.90 Å². The van der Waals surface area contributed by atoms with Gasteiger partial charge in [0.05, 0.1) is 0 Å². The number of rotatable bonds is 6. The molecule has 148 valence electrons. The van der Waals surface area contributed by atoms with E-state index in [0.29, 0.717) is 12.5 Å². The zero-order valence-corrected chi connectivity index (χ0v) is 16.4. The van der Waals surface area contributed by atoms with Crippen LogP contribution in [-0.4, -0.2) is 75.0 Å². The van der Waals surface area contributed by atoms with E-state index in [1.807, 2.05) is 4.90 Å². The minimum Gasteiger partial charge on any atom is -0.480 e. The number of anilines is 1. The van der Waals surface area contributed by atoms with Crippen LogP contribution in [-0.2, 0) is 16.1 Å². The number of aromatic nitrogens is 2. The largest absolute Gasteiger partial charge is 0.480 e. The minimum absolute atomic E-state index is 0.145. The van der Waals surface area contributed by atoms with Crippen molar-refractivity contribution in [1.82, 2.24) is 19.8 Å². The summed E-state index contributed by atoms with van der Waals surface area (Å²) in [6.07, 6.45) is 7.36. The summed E-state index contributed by atoms with van der Waals surface area (Å²) in [5, 5.41) is 8.88. The molecule has 1 atom stereocenters. The Morgan fingerprint density at radius 1 is 1.26 bits per heavy atom. The van der Waals surface area contributed by atoms with Crippen molar-refractivity contribution in [2.24, 2.45) is 0 Å². The zero-order chi connectivity index (χ0) is 19.6. The highest BCUT2D eigenvalue weighted by atomic mass is 16.4. The molecule has 0 aromatic carbocycles. The number of carboxylic acids is 1. The Labute approximate surface area is 160 Å². The van der Waals surface area contributed by atoms with Crippen LogP contribution in [0.3, 0.4) is 0 Å². The molecule has 1 N–H and O–H groups in total. The van der Waals surface area contributed by atoms with Gasteiger partial charge in [0.15, 0.2) is 0 Å². The van der Waals surface area contributed by atoms with E-state index in [4.69, 9.17) is 5.11 Å². The second-order valence-corrected chi connectivity index (χ2v) is 7.89. The normalized spacial score (nSPS) is 23.4. The number of carbonyl (C=O) groups excluding carboxylic acids is 1. The lowest BCUT2D eigenvalue weighted by Gasteiger charge is -2.46. The predicted octanol–water partition coefficient (Wildman–Crippen LogP) is 1.36. The Morgan fingerprint density at radius 2 is 1.89 bits per heavy atom. The smallest absolute Gasteiger partial charge is 0.323 e. The fourth-order valence-electron chi connectivity index (χ4n) is 4.32. The number of aliphatic carboxylic acids is 1. The van der Waals surface area contributed by atoms with Crippen LogP contribution in [0.5, 0.6) is 0 Å². The predicted molar refractivity (Wildman–Crippen MR) is 101 cm³/mol. The van der Waals surface area contributed by atoms with Gasteiger partial charge >= 0.3 is 5.97 Å². The summed E-state index contributed by atoms with van der Waals surface area (Å²) in [6, 6.07) is 0.226. The Bertz CT molecular complexity index is 693. The zero-order valence-electron chi connectivity index (χ0n) is 16.4. The molecule has 2 saturated heterocycles. The molecule has 2 fully saturated rings. The molecule has 8 heteroatoms. The summed E-state index contributed by atoms with van der Waals surface area (Å²) in [5.74, 6) is -0.272. The SMILES string of the molecule is CC(C)N1CCCC2(CCCN2Cc2cnc(N(C)CC(=O)O)nc2)C1=O. The third kappa shape index (κ3) is 3.90. The second kappa shape index (κ2) is 7.80. The molecular formula is C19H29N5O3. The van der Waals surface area contributed by atoms with Gasteiger partial charge in [-0.25, -0.2) is 9.97 Å². The molecule has 2 aliphatic rings. The quantitative estimate of drug-likeness (QED) is 0.803. The van der Waals surface area contributed by atoms with E-state index in [1.165, 1.54) is 4.90 Å². The Hall–Kier alpha value is -2.22. The van der Waals surface area contributed by atoms with Crippen molar-refractivity contribution >= 4 is 17.8 Å². The van der Waals surface area contributed by atoms with Crippen LogP contribution in [0.2, 0.25) is 0 Å². The van der Waals surface area contributed by atoms with Gasteiger partial charge < -0.3 is 14.9 Å². The third-order valence-corrected chi connectivity index (χ3v) is 5.67. The van der Waals surface area contributed by atoms with Gasteiger partial charge in [0.1, 0.15) is 12.1 Å². The molecule has 27 heavy (non-hydrogen) atoms. The Morgan fingerprint density at radius 3 is 2.48 bits per heavy atom. The van der Waals surface area contributed by atoms with Crippen LogP contribution in [0.25, 0.3) is 0 Å². The van der Waals surface area contributed by atoms with Gasteiger partial charge in [-0.05, 0) is 46.1 Å². The third-order valence-electron chi connectivity index (χ3n) is 5.67. The number of likely N-dealkylation sites (N-methyl/N-ethyl adjacent to an activating group) is 1. The summed E-state index contributed by atoms with van der Waals surface area (Å²) in [6.45, 7) is 6.40. The minimum atomic E-state index is -0.922. The maximum absolute atomic E-state index is 13.2. The van der Waals surface area contributed by atoms with Crippen molar-refractivity contribution in [3.8, 4) is 0 Å². The first-order valence-electron chi connectivity index (χ1n) is 9.63. The molecule has 0 saturated carbocycles. The fraction of sp³-hybridized carbons (Fsp3) is 0.684. The molecule has 3 rings (SSSR count). The Balaban J connectivity index is 1.73. The Kier molecular flexibility index (Phi) is 5.64. The van der Waals surface area contributed by atoms with Gasteiger partial charge in [-0.2, -0.15) is 0 Å². The van der Waals surface area contributed by atoms with Crippen LogP contribution in [0, 0.1) is 0 Å². The maximum atomic E-state index is 13.2. The lowest BCUT2D eigenvalue weighted by atomic mass is 9.84. The topological polar surface area (TPSA) is 89.9 Å². The molecular weight excluding hydrogens is 346 g/mol. The molecule has 8 nitrogen and oxygen atoms in total. The molecule has 1 aromatic heterocycles. The average Bonchev–Trinajstić information content (AvgIpc) is 3.00. The monoisotopic (exact) mass is 375 g/mol. The number of hydrogen-bond acceptors (Lipinski definition) is 6. The number of nitrogens with zero attached hydrogens (tertiary/aromatic N) is 5. The summed E-state index contributed by atoms with van der Waals surface area (Å²) < 4.78 is 0. The molecule has 0 aliphatic carbocycles. The van der Waals surface area contributed by atoms with Gasteiger partial charge in [0.25, 0.3) is 0 Å². The first-order valence-corrected chi connectivity index (χ1v) is 9.63. The van der Waals surface area contributed by atoms with E-state index in [-0.39, 0.29) is 24.0 Å². The highest BCUT2D eigenvalue weighted by Crippen LogP contribution is 2.39. The molecule has 0 radical (unpaired) electrons. The average molecular weight is 375 g/mol. The number of piperidine rings is 1. The van der Waals surface area contributed by atoms with Crippen molar-refractivity contribution < 1.29 is 14.7 Å². The van der Waals surface area contributed by atoms with Crippen molar-refractivity contribution in [1.29, 1.82) is 0 Å². The van der Waals surface area contributed by atoms with E-state index < -0.39 is 5.97 Å². The van der Waals surface area contributed by atoms with E-state index in [9.17, 15) is 9.59 Å². The van der Waals surface area contributed by atoms with Crippen molar-refractivity contribution in [2.45, 2.75) is 57.7 Å². The fourth-order valence-corrected chi connectivity index (χ4v) is 4.32. The highest BCUT2D eigenvalue weighted by Gasteiger charge is 2.51. The van der Waals surface area contributed by atoms with Gasteiger partial charge in [0.2, 0.25) is 11.9 Å². The van der Waals surface area contributed by atoms with E-state index in [0.717, 1.165) is 44.3 Å². The van der Waals surface area contributed by atoms with E-state index >= 15 is 0 Å². The van der Waals surface area contributed by atoms with E-state index in [2.05, 4.69) is 28.7 Å². The van der Waals surface area contributed by atoms with Crippen molar-refractivity contribution in [3.63, 3.8) is 0 Å². The molecule has 1 aromatic rings. The lowest BCUT2D eigenvalue weighted by Crippen LogP contribution is -2.61. The summed E-state index contributed by atoms with van der Waals surface area (Å²) in [4.78, 5) is 38.4. The van der Waals surface area contributed by atoms with Gasteiger partial charge in [-0.1, -0.05) is 0 Å². The molecule has 2 aliphatic heterocycles. The molecule has 3 heterocycles. The van der Waals surface area contributed by atoms with Crippen molar-refractivity contribution in [3.05, 3.63) is 18.0 Å². The van der Waals surface area contributed by atoms with E-state index in [1.54, 1.807) is 19.4 Å². The maximum Gasteiger partial charge on any atom is 0.323 e. The standard InChI is InChI=1S/C19H29N5O3/c1-14(2)24-9-5-7-19(17(24)27)6-4-8-23(19)12-15-10-20-18(21-11-15)22(3)13-16(25)26/h10-11,14H,4-9,12-13H2,1-3H3,(H,25,26). The molecule has 0 bridgehead atoms. The number of likely N-dealkylation sites (tertiary alicyclic amines) is 2. The van der Waals surface area contributed by atoms with Gasteiger partial charge in [0, 0.05) is 44.1 Å². The van der Waals surface area contributed by atoms with Crippen molar-refractivity contribution in [2.75, 3.05) is 31.6 Å². The van der Waals surface area contributed by atoms with Crippen LogP contribution in [0.1, 0.15) is 45.1 Å². The van der Waals surface area contributed by atoms with Gasteiger partial charge in [-0.15, -0.1) is 0 Å². The lowest BCUT2D eigenvalue weighted by molar-refractivity contribution is -0.149. The summed E-state index contributed by atoms with van der Waals surface area (Å²) in [5.41, 5.74) is 0.555. The molecule has 1 unspecified atom stereocenters. The number of hydrogen-bond donors (Lipinski definition) is 1. The summed E-state index contributed by atoms with van der Waals surface area (Å²) >= 11 is 0. The van der Waals surface area contributed by atoms with Crippen LogP contribution >= 0.6 is 0 Å². The van der Waals surface area contributed by atoms with Gasteiger partial charge in [-0.3, -0.25) is 14.5 Å². The number of amides is 1. The number of carboxylic acid groups (broad SMARTS) is 1. The van der Waals surface area contributed by atoms with Crippen LogP contribution in [0.4, 0.5) is 5.95 Å². The highest BCUT2D eigenvalue weighted by molar-refractivity contribution is 5.87. The summed E-state index contributed by atoms with van der Waals surface area (Å²) in [7, 11) is 1.65. The first-order chi connectivity index (χ1) is 12.8. The molecule has 1 spiro atoms. The molecule has 1 amide bonds. The first kappa shape index (κ1) is 19.5. The second-order valence-electron chi connectivity index (χ2n) is 7.89.